The maximum Gasteiger partial charge on any atom is 0.315 e. The maximum absolute atomic E-state index is 11.9. The van der Waals surface area contributed by atoms with Crippen LogP contribution in [0.4, 0.5) is 4.79 Å². The molecule has 0 unspecified atom stereocenters. The fourth-order valence-electron chi connectivity index (χ4n) is 4.96. The minimum atomic E-state index is -3.05. The van der Waals surface area contributed by atoms with Gasteiger partial charge in [-0.25, -0.2) is 17.5 Å². The molecule has 0 aromatic rings. The molecule has 4 rings (SSSR count). The lowest BCUT2D eigenvalue weighted by atomic mass is 10.0. The zero-order valence-electron chi connectivity index (χ0n) is 12.1. The molecule has 2 amide bonds. The molecule has 21 heavy (non-hydrogen) atoms. The molecule has 3 aliphatic carbocycles. The van der Waals surface area contributed by atoms with Crippen LogP contribution in [0, 0.1) is 23.7 Å². The summed E-state index contributed by atoms with van der Waals surface area (Å²) in [6.07, 6.45) is 4.77. The summed E-state index contributed by atoms with van der Waals surface area (Å²) in [6.45, 7) is 1.36. The molecule has 4 atom stereocenters. The summed E-state index contributed by atoms with van der Waals surface area (Å²) in [6, 6.07) is 0.247. The average molecular weight is 313 g/mol. The Morgan fingerprint density at radius 1 is 1.19 bits per heavy atom. The van der Waals surface area contributed by atoms with Gasteiger partial charge in [0.15, 0.2) is 0 Å². The predicted molar refractivity (Wildman–Crippen MR) is 78.1 cm³/mol. The molecule has 0 radical (unpaired) electrons. The quantitative estimate of drug-likeness (QED) is 0.787. The van der Waals surface area contributed by atoms with Crippen LogP contribution >= 0.6 is 0 Å². The van der Waals surface area contributed by atoms with Gasteiger partial charge in [-0.1, -0.05) is 0 Å². The van der Waals surface area contributed by atoms with Crippen LogP contribution in [-0.4, -0.2) is 50.2 Å². The summed E-state index contributed by atoms with van der Waals surface area (Å²) >= 11 is 0. The second-order valence-electron chi connectivity index (χ2n) is 6.98. The minimum absolute atomic E-state index is 0.134. The molecule has 4 aliphatic rings. The van der Waals surface area contributed by atoms with Gasteiger partial charge in [-0.3, -0.25) is 0 Å². The number of rotatable bonds is 4. The third kappa shape index (κ3) is 2.34. The Morgan fingerprint density at radius 3 is 2.52 bits per heavy atom. The van der Waals surface area contributed by atoms with E-state index in [0.29, 0.717) is 32.1 Å². The van der Waals surface area contributed by atoms with E-state index in [-0.39, 0.29) is 11.8 Å². The molecule has 118 valence electrons. The van der Waals surface area contributed by atoms with Gasteiger partial charge < -0.3 is 10.6 Å². The van der Waals surface area contributed by atoms with Crippen molar-refractivity contribution in [3.63, 3.8) is 0 Å². The average Bonchev–Trinajstić information content (AvgIpc) is 2.80. The van der Waals surface area contributed by atoms with E-state index in [2.05, 4.69) is 10.6 Å². The highest BCUT2D eigenvalue weighted by molar-refractivity contribution is 7.89. The first kappa shape index (κ1) is 13.8. The van der Waals surface area contributed by atoms with Crippen LogP contribution in [0.5, 0.6) is 0 Å². The van der Waals surface area contributed by atoms with E-state index in [0.717, 1.165) is 23.7 Å². The smallest absolute Gasteiger partial charge is 0.315 e. The fraction of sp³-hybridized carbons (Fsp3) is 0.929. The van der Waals surface area contributed by atoms with E-state index < -0.39 is 10.0 Å². The van der Waals surface area contributed by atoms with E-state index in [9.17, 15) is 13.2 Å². The molecule has 6 nitrogen and oxygen atoms in total. The number of hydrogen-bond acceptors (Lipinski definition) is 3. The number of hydrogen-bond donors (Lipinski definition) is 2. The standard InChI is InChI=1S/C14H23N3O3S/c18-14(15-4-6-17-5-1-7-21(17,19)20)16-13-11-9-2-3-10(8-9)12(11)13/h9-13H,1-8H2,(H2,15,16,18)/t9-,10-,11-,12-/m0/s1. The molecular formula is C14H23N3O3S. The molecular weight excluding hydrogens is 290 g/mol. The van der Waals surface area contributed by atoms with Crippen molar-refractivity contribution >= 4 is 16.1 Å². The minimum Gasteiger partial charge on any atom is -0.337 e. The molecule has 1 saturated heterocycles. The van der Waals surface area contributed by atoms with Crippen LogP contribution in [0.3, 0.4) is 0 Å². The number of nitrogens with zero attached hydrogens (tertiary/aromatic N) is 1. The van der Waals surface area contributed by atoms with Gasteiger partial charge in [-0.15, -0.1) is 0 Å². The molecule has 2 bridgehead atoms. The zero-order valence-corrected chi connectivity index (χ0v) is 12.9. The van der Waals surface area contributed by atoms with Crippen LogP contribution < -0.4 is 10.6 Å². The number of sulfonamides is 1. The molecule has 1 aliphatic heterocycles. The van der Waals surface area contributed by atoms with Gasteiger partial charge in [-0.05, 0) is 49.4 Å². The van der Waals surface area contributed by atoms with Crippen LogP contribution in [0.25, 0.3) is 0 Å². The Bertz CT molecular complexity index is 534. The topological polar surface area (TPSA) is 78.5 Å². The second kappa shape index (κ2) is 4.84. The van der Waals surface area contributed by atoms with Gasteiger partial charge in [0.05, 0.1) is 5.75 Å². The van der Waals surface area contributed by atoms with Gasteiger partial charge in [0.25, 0.3) is 0 Å². The zero-order chi connectivity index (χ0) is 14.6. The van der Waals surface area contributed by atoms with Crippen LogP contribution in [0.1, 0.15) is 25.7 Å². The molecule has 0 spiro atoms. The second-order valence-corrected chi connectivity index (χ2v) is 9.07. The fourth-order valence-corrected chi connectivity index (χ4v) is 6.49. The molecule has 7 heteroatoms. The van der Waals surface area contributed by atoms with Crippen molar-refractivity contribution in [2.24, 2.45) is 23.7 Å². The monoisotopic (exact) mass is 313 g/mol. The largest absolute Gasteiger partial charge is 0.337 e. The molecule has 4 fully saturated rings. The molecule has 0 aromatic heterocycles. The van der Waals surface area contributed by atoms with Crippen molar-refractivity contribution in [3.8, 4) is 0 Å². The summed E-state index contributed by atoms with van der Waals surface area (Å²) in [4.78, 5) is 11.9. The summed E-state index contributed by atoms with van der Waals surface area (Å²) < 4.78 is 24.7. The highest BCUT2D eigenvalue weighted by Gasteiger charge is 2.65. The molecule has 3 saturated carbocycles. The number of fused-ring (bicyclic) bond motifs is 5. The predicted octanol–water partition coefficient (Wildman–Crippen LogP) is 0.366. The lowest BCUT2D eigenvalue weighted by Gasteiger charge is -2.15. The van der Waals surface area contributed by atoms with Gasteiger partial charge in [-0.2, -0.15) is 0 Å². The van der Waals surface area contributed by atoms with Crippen molar-refractivity contribution in [3.05, 3.63) is 0 Å². The number of carbonyl (C=O) groups is 1. The summed E-state index contributed by atoms with van der Waals surface area (Å²) in [7, 11) is -3.05. The van der Waals surface area contributed by atoms with Crippen molar-refractivity contribution in [2.75, 3.05) is 25.4 Å². The summed E-state index contributed by atoms with van der Waals surface area (Å²) in [5.41, 5.74) is 0. The first-order chi connectivity index (χ1) is 10.1. The maximum atomic E-state index is 11.9. The van der Waals surface area contributed by atoms with Gasteiger partial charge in [0.2, 0.25) is 10.0 Å². The van der Waals surface area contributed by atoms with Crippen molar-refractivity contribution in [1.29, 1.82) is 0 Å². The van der Waals surface area contributed by atoms with Crippen LogP contribution in [0.15, 0.2) is 0 Å². The van der Waals surface area contributed by atoms with Crippen molar-refractivity contribution in [1.82, 2.24) is 14.9 Å². The van der Waals surface area contributed by atoms with E-state index in [1.807, 2.05) is 0 Å². The Labute approximate surface area is 125 Å². The number of urea groups is 1. The number of carbonyl (C=O) groups excluding carboxylic acids is 1. The Balaban J connectivity index is 1.20. The van der Waals surface area contributed by atoms with Crippen LogP contribution in [-0.2, 0) is 10.0 Å². The molecule has 2 N–H and O–H groups in total. The summed E-state index contributed by atoms with van der Waals surface area (Å²) in [5.74, 6) is 3.40. The Morgan fingerprint density at radius 2 is 1.90 bits per heavy atom. The Hall–Kier alpha value is -0.820. The Kier molecular flexibility index (Phi) is 3.19. The first-order valence-electron chi connectivity index (χ1n) is 8.08. The third-order valence-corrected chi connectivity index (χ3v) is 7.84. The van der Waals surface area contributed by atoms with Crippen LogP contribution in [0.2, 0.25) is 0 Å². The van der Waals surface area contributed by atoms with Crippen molar-refractivity contribution in [2.45, 2.75) is 31.7 Å². The normalized spacial score (nSPS) is 42.8. The number of nitrogens with one attached hydrogen (secondary N) is 2. The highest BCUT2D eigenvalue weighted by Crippen LogP contribution is 2.65. The third-order valence-electron chi connectivity index (χ3n) is 5.88. The molecule has 1 heterocycles. The van der Waals surface area contributed by atoms with Gasteiger partial charge in [0.1, 0.15) is 0 Å². The lowest BCUT2D eigenvalue weighted by molar-refractivity contribution is 0.237. The van der Waals surface area contributed by atoms with Crippen molar-refractivity contribution < 1.29 is 13.2 Å². The first-order valence-corrected chi connectivity index (χ1v) is 9.69. The molecule has 0 aromatic carbocycles. The SMILES string of the molecule is O=C(NCCN1CCCS1(=O)=O)NC1[C@H]2[C@H]3CC[C@@H](C3)[C@H]12. The lowest BCUT2D eigenvalue weighted by Crippen LogP contribution is -2.42. The highest BCUT2D eigenvalue weighted by atomic mass is 32.2. The van der Waals surface area contributed by atoms with Gasteiger partial charge >= 0.3 is 6.03 Å². The van der Waals surface area contributed by atoms with E-state index in [1.54, 1.807) is 0 Å². The number of amides is 2. The van der Waals surface area contributed by atoms with E-state index in [4.69, 9.17) is 0 Å². The van der Waals surface area contributed by atoms with Gasteiger partial charge in [0, 0.05) is 25.7 Å². The van der Waals surface area contributed by atoms with E-state index >= 15 is 0 Å². The summed E-state index contributed by atoms with van der Waals surface area (Å²) in [5, 5.41) is 5.89. The van der Waals surface area contributed by atoms with E-state index in [1.165, 1.54) is 23.6 Å².